The van der Waals surface area contributed by atoms with Crippen LogP contribution < -0.4 is 5.56 Å². The highest BCUT2D eigenvalue weighted by atomic mass is 16.5. The number of ether oxygens (including phenoxy) is 1. The van der Waals surface area contributed by atoms with E-state index in [2.05, 4.69) is 44.5 Å². The van der Waals surface area contributed by atoms with E-state index in [0.717, 1.165) is 66.7 Å². The molecule has 8 heteroatoms. The number of aryl methyl sites for hydroxylation is 2. The van der Waals surface area contributed by atoms with E-state index >= 15 is 0 Å². The molecule has 0 unspecified atom stereocenters. The molecule has 3 aromatic rings. The number of aromatic amines is 1. The zero-order valence-electron chi connectivity index (χ0n) is 19.7. The van der Waals surface area contributed by atoms with Gasteiger partial charge in [0.1, 0.15) is 0 Å². The molecule has 1 aliphatic carbocycles. The van der Waals surface area contributed by atoms with Crippen LogP contribution in [0.25, 0.3) is 10.9 Å². The molecule has 176 valence electrons. The van der Waals surface area contributed by atoms with Gasteiger partial charge in [-0.2, -0.15) is 0 Å². The van der Waals surface area contributed by atoms with Crippen LogP contribution in [-0.4, -0.2) is 49.3 Å². The molecule has 5 rings (SSSR count). The quantitative estimate of drug-likeness (QED) is 0.589. The van der Waals surface area contributed by atoms with Gasteiger partial charge in [0.15, 0.2) is 5.82 Å². The second-order valence-corrected chi connectivity index (χ2v) is 9.81. The first kappa shape index (κ1) is 22.2. The van der Waals surface area contributed by atoms with E-state index in [-0.39, 0.29) is 11.7 Å². The largest absolute Gasteiger partial charge is 0.377 e. The summed E-state index contributed by atoms with van der Waals surface area (Å²) in [5.74, 6) is 0.879. The topological polar surface area (TPSA) is 88.9 Å². The van der Waals surface area contributed by atoms with Crippen LogP contribution in [0.15, 0.2) is 23.0 Å². The Hall–Kier alpha value is -2.58. The molecular weight excluding hydrogens is 416 g/mol. The maximum Gasteiger partial charge on any atom is 0.252 e. The summed E-state index contributed by atoms with van der Waals surface area (Å²) in [5.41, 5.74) is 3.94. The van der Waals surface area contributed by atoms with Gasteiger partial charge < -0.3 is 9.72 Å². The second-order valence-electron chi connectivity index (χ2n) is 9.81. The third kappa shape index (κ3) is 5.01. The molecule has 1 aliphatic heterocycles. The fraction of sp³-hybridized carbons (Fsp3) is 0.600. The smallest absolute Gasteiger partial charge is 0.252 e. The highest BCUT2D eigenvalue weighted by Gasteiger charge is 2.25. The number of aromatic nitrogens is 5. The van der Waals surface area contributed by atoms with Crippen LogP contribution in [0, 0.1) is 13.8 Å². The van der Waals surface area contributed by atoms with Crippen LogP contribution in [0.2, 0.25) is 0 Å². The predicted molar refractivity (Wildman–Crippen MR) is 127 cm³/mol. The van der Waals surface area contributed by atoms with Crippen molar-refractivity contribution in [3.05, 3.63) is 51.1 Å². The minimum Gasteiger partial charge on any atom is -0.377 e. The highest BCUT2D eigenvalue weighted by molar-refractivity contribution is 5.82. The standard InChI is InChI=1S/C25H34N6O2/c1-17-11-18(2)24-19(12-17)13-20(25(32)26-24)14-30(15-22-9-6-10-33-22)16-23-27-28-29-31(23)21-7-4-3-5-8-21/h11-13,21-22H,3-10,14-16H2,1-2H3,(H,26,32)/t22-/m0/s1. The summed E-state index contributed by atoms with van der Waals surface area (Å²) in [6, 6.07) is 6.66. The first-order valence-electron chi connectivity index (χ1n) is 12.3. The third-order valence-electron chi connectivity index (χ3n) is 7.10. The number of hydrogen-bond donors (Lipinski definition) is 1. The average molecular weight is 451 g/mol. The highest BCUT2D eigenvalue weighted by Crippen LogP contribution is 2.28. The lowest BCUT2D eigenvalue weighted by atomic mass is 9.95. The van der Waals surface area contributed by atoms with E-state index in [4.69, 9.17) is 4.74 Å². The van der Waals surface area contributed by atoms with Gasteiger partial charge in [0.05, 0.1) is 24.2 Å². The number of pyridine rings is 1. The van der Waals surface area contributed by atoms with E-state index in [9.17, 15) is 4.79 Å². The molecule has 1 atom stereocenters. The van der Waals surface area contributed by atoms with Crippen molar-refractivity contribution in [2.24, 2.45) is 0 Å². The summed E-state index contributed by atoms with van der Waals surface area (Å²) in [4.78, 5) is 18.4. The fourth-order valence-electron chi connectivity index (χ4n) is 5.48. The van der Waals surface area contributed by atoms with Gasteiger partial charge in [0.25, 0.3) is 5.56 Å². The Kier molecular flexibility index (Phi) is 6.55. The Morgan fingerprint density at radius 1 is 1.09 bits per heavy atom. The summed E-state index contributed by atoms with van der Waals surface area (Å²) < 4.78 is 7.96. The van der Waals surface area contributed by atoms with Crippen molar-refractivity contribution in [1.29, 1.82) is 0 Å². The molecule has 0 bridgehead atoms. The molecule has 1 aromatic carbocycles. The summed E-state index contributed by atoms with van der Waals surface area (Å²) in [6.07, 6.45) is 8.35. The van der Waals surface area contributed by atoms with Crippen molar-refractivity contribution in [1.82, 2.24) is 30.1 Å². The third-order valence-corrected chi connectivity index (χ3v) is 7.10. The SMILES string of the molecule is Cc1cc(C)c2[nH]c(=O)c(CN(Cc3nnnn3C3CCCCC3)C[C@@H]3CCCO3)cc2c1. The molecule has 2 aromatic heterocycles. The molecule has 1 N–H and O–H groups in total. The second kappa shape index (κ2) is 9.73. The van der Waals surface area contributed by atoms with Crippen LogP contribution in [0.3, 0.4) is 0 Å². The summed E-state index contributed by atoms with van der Waals surface area (Å²) in [5, 5.41) is 13.8. The van der Waals surface area contributed by atoms with Crippen LogP contribution in [0.1, 0.15) is 73.5 Å². The molecular formula is C25H34N6O2. The molecule has 3 heterocycles. The van der Waals surface area contributed by atoms with Crippen molar-refractivity contribution in [2.75, 3.05) is 13.2 Å². The van der Waals surface area contributed by atoms with E-state index in [0.29, 0.717) is 19.1 Å². The number of nitrogens with one attached hydrogen (secondary N) is 1. The van der Waals surface area contributed by atoms with Crippen molar-refractivity contribution in [3.8, 4) is 0 Å². The van der Waals surface area contributed by atoms with Gasteiger partial charge in [-0.15, -0.1) is 5.10 Å². The summed E-state index contributed by atoms with van der Waals surface area (Å²) in [6.45, 7) is 6.85. The van der Waals surface area contributed by atoms with Crippen molar-refractivity contribution in [3.63, 3.8) is 0 Å². The Balaban J connectivity index is 1.42. The van der Waals surface area contributed by atoms with E-state index in [1.165, 1.54) is 24.8 Å². The molecule has 8 nitrogen and oxygen atoms in total. The predicted octanol–water partition coefficient (Wildman–Crippen LogP) is 3.82. The maximum atomic E-state index is 13.0. The molecule has 0 spiro atoms. The van der Waals surface area contributed by atoms with Crippen LogP contribution >= 0.6 is 0 Å². The van der Waals surface area contributed by atoms with Crippen LogP contribution in [0.4, 0.5) is 0 Å². The first-order chi connectivity index (χ1) is 16.1. The number of benzene rings is 1. The summed E-state index contributed by atoms with van der Waals surface area (Å²) in [7, 11) is 0. The van der Waals surface area contributed by atoms with E-state index in [1.807, 2.05) is 17.7 Å². The lowest BCUT2D eigenvalue weighted by Crippen LogP contribution is -2.34. The Morgan fingerprint density at radius 2 is 1.94 bits per heavy atom. The van der Waals surface area contributed by atoms with Crippen molar-refractivity contribution < 1.29 is 4.74 Å². The maximum absolute atomic E-state index is 13.0. The van der Waals surface area contributed by atoms with Gasteiger partial charge >= 0.3 is 0 Å². The molecule has 1 saturated carbocycles. The normalized spacial score (nSPS) is 19.7. The number of hydrogen-bond acceptors (Lipinski definition) is 6. The first-order valence-corrected chi connectivity index (χ1v) is 12.3. The van der Waals surface area contributed by atoms with Crippen LogP contribution in [-0.2, 0) is 17.8 Å². The molecule has 33 heavy (non-hydrogen) atoms. The Labute approximate surface area is 194 Å². The van der Waals surface area contributed by atoms with Gasteiger partial charge in [0, 0.05) is 25.3 Å². The number of rotatable bonds is 7. The Morgan fingerprint density at radius 3 is 2.73 bits per heavy atom. The van der Waals surface area contributed by atoms with Crippen molar-refractivity contribution in [2.45, 2.75) is 84.0 Å². The molecule has 2 aliphatic rings. The monoisotopic (exact) mass is 450 g/mol. The molecule has 0 radical (unpaired) electrons. The zero-order valence-corrected chi connectivity index (χ0v) is 19.7. The van der Waals surface area contributed by atoms with Gasteiger partial charge in [-0.1, -0.05) is 30.9 Å². The molecule has 0 amide bonds. The van der Waals surface area contributed by atoms with Crippen molar-refractivity contribution >= 4 is 10.9 Å². The molecule has 2 fully saturated rings. The lowest BCUT2D eigenvalue weighted by Gasteiger charge is -2.27. The minimum absolute atomic E-state index is 0.0290. The van der Waals surface area contributed by atoms with E-state index < -0.39 is 0 Å². The number of fused-ring (bicyclic) bond motifs is 1. The van der Waals surface area contributed by atoms with E-state index in [1.54, 1.807) is 0 Å². The van der Waals surface area contributed by atoms with Gasteiger partial charge in [0.2, 0.25) is 0 Å². The number of H-pyrrole nitrogens is 1. The number of tetrazole rings is 1. The van der Waals surface area contributed by atoms with Gasteiger partial charge in [-0.25, -0.2) is 4.68 Å². The fourth-order valence-corrected chi connectivity index (χ4v) is 5.48. The Bertz CT molecular complexity index is 1160. The van der Waals surface area contributed by atoms with Gasteiger partial charge in [-0.3, -0.25) is 9.69 Å². The average Bonchev–Trinajstić information content (AvgIpc) is 3.48. The zero-order chi connectivity index (χ0) is 22.8. The lowest BCUT2D eigenvalue weighted by molar-refractivity contribution is 0.0659. The van der Waals surface area contributed by atoms with Crippen LogP contribution in [0.5, 0.6) is 0 Å². The molecule has 1 saturated heterocycles. The van der Waals surface area contributed by atoms with Gasteiger partial charge in [-0.05, 0) is 73.0 Å². The minimum atomic E-state index is -0.0290. The summed E-state index contributed by atoms with van der Waals surface area (Å²) >= 11 is 0. The number of nitrogens with zero attached hydrogens (tertiary/aromatic N) is 5.